The van der Waals surface area contributed by atoms with E-state index in [-0.39, 0.29) is 5.69 Å². The van der Waals surface area contributed by atoms with Crippen molar-refractivity contribution in [2.24, 2.45) is 0 Å². The van der Waals surface area contributed by atoms with Gasteiger partial charge in [-0.2, -0.15) is 0 Å². The number of nitrogens with zero attached hydrogens (tertiary/aromatic N) is 1. The maximum atomic E-state index is 11.1. The largest absolute Gasteiger partial charge is 0.492 e. The van der Waals surface area contributed by atoms with E-state index in [0.717, 1.165) is 11.8 Å². The van der Waals surface area contributed by atoms with Gasteiger partial charge in [-0.3, -0.25) is 0 Å². The highest BCUT2D eigenvalue weighted by Gasteiger charge is 2.11. The fraction of sp³-hybridized carbons (Fsp3) is 0.125. The third-order valence-corrected chi connectivity index (χ3v) is 4.02. The number of aromatic nitrogens is 1. The Morgan fingerprint density at radius 3 is 2.86 bits per heavy atom. The van der Waals surface area contributed by atoms with Gasteiger partial charge in [0.2, 0.25) is 0 Å². The molecule has 1 aromatic carbocycles. The molecule has 3 rings (SSSR count). The van der Waals surface area contributed by atoms with Crippen LogP contribution < -0.4 is 4.74 Å². The van der Waals surface area contributed by atoms with Gasteiger partial charge < -0.3 is 9.84 Å². The lowest BCUT2D eigenvalue weighted by molar-refractivity contribution is 0.0690. The fourth-order valence-corrected chi connectivity index (χ4v) is 2.78. The summed E-state index contributed by atoms with van der Waals surface area (Å²) < 4.78 is 5.79. The Labute approximate surface area is 125 Å². The molecule has 2 heterocycles. The molecule has 0 radical (unpaired) electrons. The zero-order valence-corrected chi connectivity index (χ0v) is 12.0. The van der Waals surface area contributed by atoms with E-state index < -0.39 is 5.97 Å². The highest BCUT2D eigenvalue weighted by Crippen LogP contribution is 2.25. The number of aromatic carboxylic acids is 1. The molecule has 0 saturated heterocycles. The average Bonchev–Trinajstić information content (AvgIpc) is 3.00. The van der Waals surface area contributed by atoms with Crippen molar-refractivity contribution >= 4 is 28.2 Å². The van der Waals surface area contributed by atoms with E-state index in [1.54, 1.807) is 17.4 Å². The number of thiophene rings is 1. The van der Waals surface area contributed by atoms with E-state index in [9.17, 15) is 4.79 Å². The minimum Gasteiger partial charge on any atom is -0.492 e. The van der Waals surface area contributed by atoms with Crippen molar-refractivity contribution in [2.45, 2.75) is 6.42 Å². The number of fused-ring (bicyclic) bond motifs is 1. The highest BCUT2D eigenvalue weighted by molar-refractivity contribution is 7.09. The van der Waals surface area contributed by atoms with E-state index in [2.05, 4.69) is 11.1 Å². The standard InChI is InChI=1S/C16H13NO3S/c18-16(19)14-10-15(12-5-1-2-6-13(12)17-14)20-8-7-11-4-3-9-21-11/h1-6,9-10H,7-8H2,(H,18,19). The number of carboxylic acid groups (broad SMARTS) is 1. The van der Waals surface area contributed by atoms with Crippen molar-refractivity contribution in [3.05, 3.63) is 58.4 Å². The lowest BCUT2D eigenvalue weighted by Crippen LogP contribution is -2.05. The van der Waals surface area contributed by atoms with Crippen LogP contribution in [0.25, 0.3) is 10.9 Å². The van der Waals surface area contributed by atoms with Gasteiger partial charge in [-0.1, -0.05) is 18.2 Å². The second-order valence-corrected chi connectivity index (χ2v) is 5.54. The first-order valence-electron chi connectivity index (χ1n) is 6.52. The molecule has 0 aliphatic rings. The minimum absolute atomic E-state index is 0.000163. The summed E-state index contributed by atoms with van der Waals surface area (Å²) in [6, 6.07) is 12.9. The van der Waals surface area contributed by atoms with Crippen molar-refractivity contribution in [1.29, 1.82) is 0 Å². The highest BCUT2D eigenvalue weighted by atomic mass is 32.1. The molecule has 3 aromatic rings. The van der Waals surface area contributed by atoms with Gasteiger partial charge in [-0.25, -0.2) is 9.78 Å². The number of benzene rings is 1. The third kappa shape index (κ3) is 3.03. The van der Waals surface area contributed by atoms with Crippen LogP contribution in [0.15, 0.2) is 47.8 Å². The fourth-order valence-electron chi connectivity index (χ4n) is 2.09. The number of carbonyl (C=O) groups is 1. The van der Waals surface area contributed by atoms with Crippen molar-refractivity contribution in [3.63, 3.8) is 0 Å². The lowest BCUT2D eigenvalue weighted by atomic mass is 10.2. The van der Waals surface area contributed by atoms with Gasteiger partial charge in [0, 0.05) is 22.8 Å². The first kappa shape index (κ1) is 13.6. The molecule has 0 fully saturated rings. The zero-order valence-electron chi connectivity index (χ0n) is 11.2. The maximum Gasteiger partial charge on any atom is 0.354 e. The van der Waals surface area contributed by atoms with Gasteiger partial charge in [0.15, 0.2) is 5.69 Å². The minimum atomic E-state index is -1.05. The number of para-hydroxylation sites is 1. The Morgan fingerprint density at radius 2 is 2.10 bits per heavy atom. The molecule has 1 N–H and O–H groups in total. The second kappa shape index (κ2) is 5.93. The van der Waals surface area contributed by atoms with E-state index >= 15 is 0 Å². The van der Waals surface area contributed by atoms with Gasteiger partial charge in [-0.05, 0) is 23.6 Å². The van der Waals surface area contributed by atoms with Crippen LogP contribution in [0.1, 0.15) is 15.4 Å². The number of rotatable bonds is 5. The van der Waals surface area contributed by atoms with Crippen molar-refractivity contribution < 1.29 is 14.6 Å². The molecule has 5 heteroatoms. The Hall–Kier alpha value is -2.40. The van der Waals surface area contributed by atoms with E-state index in [0.29, 0.717) is 17.9 Å². The van der Waals surface area contributed by atoms with E-state index in [1.165, 1.54) is 10.9 Å². The number of pyridine rings is 1. The van der Waals surface area contributed by atoms with E-state index in [1.807, 2.05) is 29.6 Å². The second-order valence-electron chi connectivity index (χ2n) is 4.51. The zero-order chi connectivity index (χ0) is 14.7. The first-order valence-corrected chi connectivity index (χ1v) is 7.40. The summed E-state index contributed by atoms with van der Waals surface area (Å²) in [5.41, 5.74) is 0.628. The molecule has 0 bridgehead atoms. The van der Waals surface area contributed by atoms with Crippen molar-refractivity contribution in [3.8, 4) is 5.75 Å². The molecule has 0 aliphatic heterocycles. The maximum absolute atomic E-state index is 11.1. The number of carboxylic acids is 1. The Morgan fingerprint density at radius 1 is 1.24 bits per heavy atom. The molecule has 2 aromatic heterocycles. The molecular weight excluding hydrogens is 286 g/mol. The van der Waals surface area contributed by atoms with Crippen LogP contribution in [-0.4, -0.2) is 22.7 Å². The summed E-state index contributed by atoms with van der Waals surface area (Å²) in [6.45, 7) is 0.508. The average molecular weight is 299 g/mol. The third-order valence-electron chi connectivity index (χ3n) is 3.08. The Balaban J connectivity index is 1.87. The van der Waals surface area contributed by atoms with Crippen LogP contribution in [0, 0.1) is 0 Å². The molecule has 0 unspecified atom stereocenters. The lowest BCUT2D eigenvalue weighted by Gasteiger charge is -2.09. The normalized spacial score (nSPS) is 10.7. The van der Waals surface area contributed by atoms with Crippen molar-refractivity contribution in [1.82, 2.24) is 4.98 Å². The van der Waals surface area contributed by atoms with Gasteiger partial charge >= 0.3 is 5.97 Å². The number of hydrogen-bond acceptors (Lipinski definition) is 4. The number of hydrogen-bond donors (Lipinski definition) is 1. The van der Waals surface area contributed by atoms with Crippen LogP contribution in [-0.2, 0) is 6.42 Å². The SMILES string of the molecule is O=C(O)c1cc(OCCc2cccs2)c2ccccc2n1. The van der Waals surface area contributed by atoms with E-state index in [4.69, 9.17) is 9.84 Å². The molecule has 0 aliphatic carbocycles. The quantitative estimate of drug-likeness (QED) is 0.781. The Kier molecular flexibility index (Phi) is 3.83. The van der Waals surface area contributed by atoms with Crippen LogP contribution in [0.5, 0.6) is 5.75 Å². The molecule has 106 valence electrons. The summed E-state index contributed by atoms with van der Waals surface area (Å²) in [4.78, 5) is 16.5. The summed E-state index contributed by atoms with van der Waals surface area (Å²) in [5.74, 6) is -0.488. The predicted molar refractivity (Wildman–Crippen MR) is 82.2 cm³/mol. The van der Waals surface area contributed by atoms with Crippen molar-refractivity contribution in [2.75, 3.05) is 6.61 Å². The van der Waals surface area contributed by atoms with Crippen LogP contribution >= 0.6 is 11.3 Å². The molecule has 0 atom stereocenters. The Bertz CT molecular complexity index is 768. The summed E-state index contributed by atoms with van der Waals surface area (Å²) in [5, 5.41) is 12.0. The van der Waals surface area contributed by atoms with Crippen LogP contribution in [0.2, 0.25) is 0 Å². The van der Waals surface area contributed by atoms with Gasteiger partial charge in [0.05, 0.1) is 12.1 Å². The van der Waals surface area contributed by atoms with Crippen LogP contribution in [0.4, 0.5) is 0 Å². The summed E-state index contributed by atoms with van der Waals surface area (Å²) in [6.07, 6.45) is 0.802. The molecule has 0 saturated carbocycles. The van der Waals surface area contributed by atoms with Gasteiger partial charge in [0.1, 0.15) is 5.75 Å². The molecule has 0 amide bonds. The first-order chi connectivity index (χ1) is 10.2. The molecule has 0 spiro atoms. The topological polar surface area (TPSA) is 59.4 Å². The monoisotopic (exact) mass is 299 g/mol. The smallest absolute Gasteiger partial charge is 0.354 e. The van der Waals surface area contributed by atoms with Gasteiger partial charge in [0.25, 0.3) is 0 Å². The number of ether oxygens (including phenoxy) is 1. The molecular formula is C16H13NO3S. The summed E-state index contributed by atoms with van der Waals surface area (Å²) >= 11 is 1.68. The predicted octanol–water partition coefficient (Wildman–Crippen LogP) is 3.62. The molecule has 4 nitrogen and oxygen atoms in total. The summed E-state index contributed by atoms with van der Waals surface area (Å²) in [7, 11) is 0. The van der Waals surface area contributed by atoms with Gasteiger partial charge in [-0.15, -0.1) is 11.3 Å². The molecule has 21 heavy (non-hydrogen) atoms. The van der Waals surface area contributed by atoms with Crippen LogP contribution in [0.3, 0.4) is 0 Å².